The Balaban J connectivity index is 2.39. The molecule has 70 valence electrons. The summed E-state index contributed by atoms with van der Waals surface area (Å²) in [6.07, 6.45) is 2.84. The van der Waals surface area contributed by atoms with Crippen molar-refractivity contribution in [2.75, 3.05) is 0 Å². The summed E-state index contributed by atoms with van der Waals surface area (Å²) in [7, 11) is 0. The molecule has 2 N–H and O–H groups in total. The van der Waals surface area contributed by atoms with Crippen LogP contribution < -0.4 is 0 Å². The number of carboxylic acid groups (broad SMARTS) is 2. The van der Waals surface area contributed by atoms with Crippen LogP contribution in [0, 0.1) is 5.92 Å². The lowest BCUT2D eigenvalue weighted by atomic mass is 9.83. The molecule has 13 heavy (non-hydrogen) atoms. The van der Waals surface area contributed by atoms with Gasteiger partial charge in [-0.2, -0.15) is 0 Å². The quantitative estimate of drug-likeness (QED) is 0.584. The van der Waals surface area contributed by atoms with E-state index in [2.05, 4.69) is 0 Å². The molecule has 0 aromatic rings. The van der Waals surface area contributed by atoms with Crippen molar-refractivity contribution in [1.29, 1.82) is 0 Å². The van der Waals surface area contributed by atoms with E-state index in [1.54, 1.807) is 6.08 Å². The van der Waals surface area contributed by atoms with Gasteiger partial charge in [-0.05, 0) is 12.5 Å². The van der Waals surface area contributed by atoms with Crippen LogP contribution in [0.3, 0.4) is 0 Å². The van der Waals surface area contributed by atoms with Crippen molar-refractivity contribution in [3.8, 4) is 0 Å². The first-order valence-corrected chi connectivity index (χ1v) is 3.89. The van der Waals surface area contributed by atoms with Gasteiger partial charge >= 0.3 is 11.9 Å². The number of carboxylic acids is 2. The highest BCUT2D eigenvalue weighted by Crippen LogP contribution is 2.43. The van der Waals surface area contributed by atoms with Gasteiger partial charge in [0.15, 0.2) is 5.60 Å². The van der Waals surface area contributed by atoms with Gasteiger partial charge in [0.25, 0.3) is 0 Å². The van der Waals surface area contributed by atoms with Gasteiger partial charge in [0.1, 0.15) is 5.92 Å². The molecule has 2 aliphatic rings. The van der Waals surface area contributed by atoms with Crippen LogP contribution in [0.25, 0.3) is 0 Å². The number of hydrogen-bond acceptors (Lipinski definition) is 3. The zero-order chi connectivity index (χ0) is 9.64. The first kappa shape index (κ1) is 8.25. The molecule has 0 spiro atoms. The Kier molecular flexibility index (Phi) is 1.47. The average molecular weight is 184 g/mol. The van der Waals surface area contributed by atoms with Gasteiger partial charge in [0.05, 0.1) is 6.10 Å². The van der Waals surface area contributed by atoms with Gasteiger partial charge in [-0.3, -0.25) is 4.79 Å². The molecular formula is C8H8O5. The van der Waals surface area contributed by atoms with Crippen LogP contribution in [0.1, 0.15) is 6.42 Å². The molecule has 5 heteroatoms. The van der Waals surface area contributed by atoms with Crippen molar-refractivity contribution in [1.82, 2.24) is 0 Å². The molecule has 3 atom stereocenters. The van der Waals surface area contributed by atoms with Crippen LogP contribution in [0.15, 0.2) is 12.2 Å². The predicted octanol–water partition coefficient (Wildman–Crippen LogP) is -0.131. The first-order chi connectivity index (χ1) is 6.06. The minimum atomic E-state index is -1.61. The highest BCUT2D eigenvalue weighted by molar-refractivity contribution is 5.89. The summed E-state index contributed by atoms with van der Waals surface area (Å²) in [5.41, 5.74) is -1.61. The summed E-state index contributed by atoms with van der Waals surface area (Å²) < 4.78 is 5.10. The third kappa shape index (κ3) is 0.904. The van der Waals surface area contributed by atoms with E-state index in [0.717, 1.165) is 0 Å². The normalized spacial score (nSPS) is 40.9. The maximum atomic E-state index is 10.9. The first-order valence-electron chi connectivity index (χ1n) is 3.89. The van der Waals surface area contributed by atoms with Crippen molar-refractivity contribution in [3.05, 3.63) is 12.2 Å². The molecule has 2 bridgehead atoms. The van der Waals surface area contributed by atoms with E-state index in [1.165, 1.54) is 6.08 Å². The molecule has 0 aromatic heterocycles. The van der Waals surface area contributed by atoms with Gasteiger partial charge in [-0.25, -0.2) is 4.79 Å². The highest BCUT2D eigenvalue weighted by atomic mass is 16.5. The third-order valence-corrected chi connectivity index (χ3v) is 2.52. The minimum Gasteiger partial charge on any atom is -0.481 e. The fourth-order valence-corrected chi connectivity index (χ4v) is 1.87. The molecule has 0 aliphatic carbocycles. The largest absolute Gasteiger partial charge is 0.481 e. The Labute approximate surface area is 73.6 Å². The third-order valence-electron chi connectivity index (χ3n) is 2.52. The van der Waals surface area contributed by atoms with E-state index < -0.39 is 23.5 Å². The van der Waals surface area contributed by atoms with Crippen molar-refractivity contribution in [2.45, 2.75) is 18.1 Å². The monoisotopic (exact) mass is 184 g/mol. The molecule has 3 unspecified atom stereocenters. The lowest BCUT2D eigenvalue weighted by molar-refractivity contribution is -0.164. The number of aliphatic carboxylic acids is 2. The second-order valence-electron chi connectivity index (χ2n) is 3.24. The van der Waals surface area contributed by atoms with Crippen LogP contribution in [0.2, 0.25) is 0 Å². The fraction of sp³-hybridized carbons (Fsp3) is 0.500. The Morgan fingerprint density at radius 3 is 2.54 bits per heavy atom. The Bertz CT molecular complexity index is 308. The van der Waals surface area contributed by atoms with Gasteiger partial charge in [0, 0.05) is 0 Å². The van der Waals surface area contributed by atoms with Crippen LogP contribution >= 0.6 is 0 Å². The smallest absolute Gasteiger partial charge is 0.340 e. The van der Waals surface area contributed by atoms with Gasteiger partial charge in [-0.1, -0.05) is 6.08 Å². The van der Waals surface area contributed by atoms with Gasteiger partial charge in [0.2, 0.25) is 0 Å². The molecule has 0 saturated carbocycles. The summed E-state index contributed by atoms with van der Waals surface area (Å²) in [6.45, 7) is 0. The molecular weight excluding hydrogens is 176 g/mol. The van der Waals surface area contributed by atoms with Crippen LogP contribution in [0.4, 0.5) is 0 Å². The number of hydrogen-bond donors (Lipinski definition) is 2. The number of fused-ring (bicyclic) bond motifs is 2. The molecule has 5 nitrogen and oxygen atoms in total. The fourth-order valence-electron chi connectivity index (χ4n) is 1.87. The van der Waals surface area contributed by atoms with E-state index in [0.29, 0.717) is 0 Å². The highest BCUT2D eigenvalue weighted by Gasteiger charge is 2.58. The van der Waals surface area contributed by atoms with E-state index in [-0.39, 0.29) is 12.5 Å². The zero-order valence-electron chi connectivity index (χ0n) is 6.64. The van der Waals surface area contributed by atoms with E-state index in [4.69, 9.17) is 14.9 Å². The van der Waals surface area contributed by atoms with Crippen LogP contribution in [0.5, 0.6) is 0 Å². The summed E-state index contributed by atoms with van der Waals surface area (Å²) in [5.74, 6) is -3.30. The van der Waals surface area contributed by atoms with Crippen molar-refractivity contribution >= 4 is 11.9 Å². The molecule has 2 heterocycles. The number of carbonyl (C=O) groups is 2. The van der Waals surface area contributed by atoms with E-state index >= 15 is 0 Å². The van der Waals surface area contributed by atoms with Gasteiger partial charge < -0.3 is 14.9 Å². The number of ether oxygens (including phenoxy) is 1. The zero-order valence-corrected chi connectivity index (χ0v) is 6.64. The lowest BCUT2D eigenvalue weighted by Crippen LogP contribution is -2.44. The summed E-state index contributed by atoms with van der Waals surface area (Å²) >= 11 is 0. The van der Waals surface area contributed by atoms with Crippen LogP contribution in [-0.2, 0) is 14.3 Å². The second kappa shape index (κ2) is 2.32. The Morgan fingerprint density at radius 2 is 2.15 bits per heavy atom. The summed E-state index contributed by atoms with van der Waals surface area (Å²) in [4.78, 5) is 21.6. The maximum Gasteiger partial charge on any atom is 0.340 e. The second-order valence-corrected chi connectivity index (χ2v) is 3.24. The van der Waals surface area contributed by atoms with Crippen molar-refractivity contribution in [2.24, 2.45) is 5.92 Å². The average Bonchev–Trinajstić information content (AvgIpc) is 2.60. The molecule has 1 fully saturated rings. The van der Waals surface area contributed by atoms with Crippen molar-refractivity contribution in [3.63, 3.8) is 0 Å². The van der Waals surface area contributed by atoms with Crippen molar-refractivity contribution < 1.29 is 24.5 Å². The topological polar surface area (TPSA) is 83.8 Å². The standard InChI is InChI=1S/C8H8O5/c9-6(10)5-3-4-1-2-8(5,13-4)7(11)12/h1-2,4-5H,3H2,(H,9,10)(H,11,12). The Morgan fingerprint density at radius 1 is 1.46 bits per heavy atom. The molecule has 0 aromatic carbocycles. The molecule has 0 radical (unpaired) electrons. The molecule has 1 saturated heterocycles. The van der Waals surface area contributed by atoms with E-state index in [9.17, 15) is 9.59 Å². The lowest BCUT2D eigenvalue weighted by Gasteiger charge is -2.21. The summed E-state index contributed by atoms with van der Waals surface area (Å²) in [6, 6.07) is 0. The van der Waals surface area contributed by atoms with E-state index in [1.807, 2.05) is 0 Å². The number of rotatable bonds is 2. The molecule has 2 rings (SSSR count). The Hall–Kier alpha value is -1.36. The maximum absolute atomic E-state index is 10.9. The predicted molar refractivity (Wildman–Crippen MR) is 40.1 cm³/mol. The SMILES string of the molecule is O=C(O)C1CC2C=CC1(C(=O)O)O2. The van der Waals surface area contributed by atoms with Crippen LogP contribution in [-0.4, -0.2) is 33.9 Å². The minimum absolute atomic E-state index is 0.248. The molecule has 2 aliphatic heterocycles. The molecule has 0 amide bonds. The summed E-state index contributed by atoms with van der Waals surface area (Å²) in [5, 5.41) is 17.6. The van der Waals surface area contributed by atoms with Gasteiger partial charge in [-0.15, -0.1) is 0 Å².